The van der Waals surface area contributed by atoms with Crippen molar-refractivity contribution in [2.75, 3.05) is 0 Å². The van der Waals surface area contributed by atoms with Crippen molar-refractivity contribution >= 4 is 12.0 Å². The summed E-state index contributed by atoms with van der Waals surface area (Å²) < 4.78 is 1.62. The second kappa shape index (κ2) is 5.15. The normalized spacial score (nSPS) is 11.9. The Morgan fingerprint density at radius 3 is 2.81 bits per heavy atom. The van der Waals surface area contributed by atoms with Gasteiger partial charge in [0.2, 0.25) is 0 Å². The Morgan fingerprint density at radius 2 is 2.31 bits per heavy atom. The smallest absolute Gasteiger partial charge is 0.325 e. The molecule has 0 radical (unpaired) electrons. The fourth-order valence-corrected chi connectivity index (χ4v) is 1.04. The number of nitrogens with one attached hydrogen (secondary N) is 2. The fraction of sp³-hybridized carbons (Fsp3) is 0.444. The number of carbonyl (C=O) groups is 2. The zero-order valence-electron chi connectivity index (χ0n) is 9.10. The van der Waals surface area contributed by atoms with Crippen LogP contribution in [-0.2, 0) is 18.4 Å². The third-order valence-electron chi connectivity index (χ3n) is 1.92. The zero-order chi connectivity index (χ0) is 12.1. The summed E-state index contributed by atoms with van der Waals surface area (Å²) in [5.74, 6) is -1.08. The molecule has 0 spiro atoms. The van der Waals surface area contributed by atoms with Crippen LogP contribution in [0.15, 0.2) is 12.3 Å². The summed E-state index contributed by atoms with van der Waals surface area (Å²) in [6.45, 7) is 1.65. The number of rotatable bonds is 4. The van der Waals surface area contributed by atoms with Crippen LogP contribution in [0.1, 0.15) is 12.6 Å². The molecule has 88 valence electrons. The van der Waals surface area contributed by atoms with Gasteiger partial charge in [0.25, 0.3) is 0 Å². The van der Waals surface area contributed by atoms with E-state index in [2.05, 4.69) is 15.7 Å². The highest BCUT2D eigenvalue weighted by Gasteiger charge is 2.13. The van der Waals surface area contributed by atoms with Crippen molar-refractivity contribution in [2.45, 2.75) is 19.5 Å². The van der Waals surface area contributed by atoms with Crippen molar-refractivity contribution in [1.82, 2.24) is 20.4 Å². The maximum Gasteiger partial charge on any atom is 0.325 e. The third kappa shape index (κ3) is 3.60. The van der Waals surface area contributed by atoms with Crippen LogP contribution >= 0.6 is 0 Å². The lowest BCUT2D eigenvalue weighted by molar-refractivity contribution is -0.138. The van der Waals surface area contributed by atoms with E-state index in [4.69, 9.17) is 5.11 Å². The standard InChI is InChI=1S/C9H14N4O3/c1-6(8(14)15)11-9(16)10-5-7-3-4-13(2)12-7/h3-4,6H,5H2,1-2H3,(H,14,15)(H2,10,11,16)/t6-/m0/s1. The van der Waals surface area contributed by atoms with Crippen molar-refractivity contribution in [3.8, 4) is 0 Å². The first-order valence-electron chi connectivity index (χ1n) is 4.74. The molecule has 1 aromatic rings. The molecule has 7 heteroatoms. The van der Waals surface area contributed by atoms with Crippen molar-refractivity contribution in [3.63, 3.8) is 0 Å². The summed E-state index contributed by atoms with van der Waals surface area (Å²) in [6, 6.07) is 0.324. The number of carboxylic acids is 1. The van der Waals surface area contributed by atoms with Crippen LogP contribution in [0.2, 0.25) is 0 Å². The highest BCUT2D eigenvalue weighted by Crippen LogP contribution is 1.92. The number of aliphatic carboxylic acids is 1. The van der Waals surface area contributed by atoms with E-state index >= 15 is 0 Å². The Bertz CT molecular complexity index is 388. The molecular formula is C9H14N4O3. The molecule has 1 heterocycles. The van der Waals surface area contributed by atoms with E-state index in [1.54, 1.807) is 24.0 Å². The second-order valence-electron chi connectivity index (χ2n) is 3.37. The van der Waals surface area contributed by atoms with E-state index in [1.165, 1.54) is 6.92 Å². The summed E-state index contributed by atoms with van der Waals surface area (Å²) in [5.41, 5.74) is 0.709. The highest BCUT2D eigenvalue weighted by atomic mass is 16.4. The van der Waals surface area contributed by atoms with Crippen LogP contribution in [0.5, 0.6) is 0 Å². The first kappa shape index (κ1) is 12.0. The van der Waals surface area contributed by atoms with E-state index in [0.717, 1.165) is 0 Å². The Morgan fingerprint density at radius 1 is 1.62 bits per heavy atom. The summed E-state index contributed by atoms with van der Waals surface area (Å²) >= 11 is 0. The number of nitrogens with zero attached hydrogens (tertiary/aromatic N) is 2. The van der Waals surface area contributed by atoms with Crippen LogP contribution < -0.4 is 10.6 Å². The van der Waals surface area contributed by atoms with Gasteiger partial charge in [-0.2, -0.15) is 5.10 Å². The quantitative estimate of drug-likeness (QED) is 0.656. The van der Waals surface area contributed by atoms with Gasteiger partial charge in [-0.05, 0) is 13.0 Å². The Balaban J connectivity index is 2.33. The maximum atomic E-state index is 11.2. The Kier molecular flexibility index (Phi) is 3.87. The molecule has 0 aromatic carbocycles. The van der Waals surface area contributed by atoms with Crippen LogP contribution in [-0.4, -0.2) is 32.9 Å². The highest BCUT2D eigenvalue weighted by molar-refractivity contribution is 5.82. The molecule has 7 nitrogen and oxygen atoms in total. The molecular weight excluding hydrogens is 212 g/mol. The number of aryl methyl sites for hydroxylation is 1. The molecule has 1 aromatic heterocycles. The number of hydrogen-bond acceptors (Lipinski definition) is 3. The SMILES string of the molecule is C[C@H](NC(=O)NCc1ccn(C)n1)C(=O)O. The number of amides is 2. The maximum absolute atomic E-state index is 11.2. The van der Waals surface area contributed by atoms with Crippen LogP contribution in [0.3, 0.4) is 0 Å². The van der Waals surface area contributed by atoms with Gasteiger partial charge in [-0.25, -0.2) is 4.79 Å². The van der Waals surface area contributed by atoms with Crippen molar-refractivity contribution < 1.29 is 14.7 Å². The van der Waals surface area contributed by atoms with Gasteiger partial charge in [0.15, 0.2) is 0 Å². The lowest BCUT2D eigenvalue weighted by atomic mass is 10.3. The Labute approximate surface area is 92.4 Å². The Hall–Kier alpha value is -2.05. The van der Waals surface area contributed by atoms with Gasteiger partial charge in [0.05, 0.1) is 12.2 Å². The van der Waals surface area contributed by atoms with E-state index in [0.29, 0.717) is 5.69 Å². The summed E-state index contributed by atoms with van der Waals surface area (Å²) in [5, 5.41) is 17.4. The van der Waals surface area contributed by atoms with E-state index in [9.17, 15) is 9.59 Å². The van der Waals surface area contributed by atoms with E-state index < -0.39 is 18.0 Å². The van der Waals surface area contributed by atoms with Crippen LogP contribution in [0.4, 0.5) is 4.79 Å². The van der Waals surface area contributed by atoms with E-state index in [-0.39, 0.29) is 6.54 Å². The molecule has 0 saturated carbocycles. The van der Waals surface area contributed by atoms with Gasteiger partial charge in [-0.1, -0.05) is 0 Å². The number of carbonyl (C=O) groups excluding carboxylic acids is 1. The molecule has 0 saturated heterocycles. The van der Waals surface area contributed by atoms with Crippen molar-refractivity contribution in [3.05, 3.63) is 18.0 Å². The molecule has 0 fully saturated rings. The average Bonchev–Trinajstić information content (AvgIpc) is 2.61. The monoisotopic (exact) mass is 226 g/mol. The number of aromatic nitrogens is 2. The van der Waals surface area contributed by atoms with Gasteiger partial charge in [-0.15, -0.1) is 0 Å². The molecule has 0 aliphatic heterocycles. The molecule has 0 aliphatic carbocycles. The largest absolute Gasteiger partial charge is 0.480 e. The van der Waals surface area contributed by atoms with Gasteiger partial charge in [0.1, 0.15) is 6.04 Å². The fourth-order valence-electron chi connectivity index (χ4n) is 1.04. The molecule has 0 aliphatic rings. The second-order valence-corrected chi connectivity index (χ2v) is 3.37. The van der Waals surface area contributed by atoms with Gasteiger partial charge in [0, 0.05) is 13.2 Å². The lowest BCUT2D eigenvalue weighted by Crippen LogP contribution is -2.44. The summed E-state index contributed by atoms with van der Waals surface area (Å²) in [4.78, 5) is 21.7. The first-order valence-corrected chi connectivity index (χ1v) is 4.74. The van der Waals surface area contributed by atoms with Gasteiger partial charge >= 0.3 is 12.0 Å². The van der Waals surface area contributed by atoms with Crippen molar-refractivity contribution in [2.24, 2.45) is 7.05 Å². The average molecular weight is 226 g/mol. The number of urea groups is 1. The van der Waals surface area contributed by atoms with E-state index in [1.807, 2.05) is 0 Å². The third-order valence-corrected chi connectivity index (χ3v) is 1.92. The summed E-state index contributed by atoms with van der Waals surface area (Å²) in [6.07, 6.45) is 1.76. The van der Waals surface area contributed by atoms with Crippen LogP contribution in [0, 0.1) is 0 Å². The molecule has 0 unspecified atom stereocenters. The lowest BCUT2D eigenvalue weighted by Gasteiger charge is -2.09. The first-order chi connectivity index (χ1) is 7.49. The minimum atomic E-state index is -1.08. The van der Waals surface area contributed by atoms with Crippen LogP contribution in [0.25, 0.3) is 0 Å². The van der Waals surface area contributed by atoms with Gasteiger partial charge < -0.3 is 15.7 Å². The molecule has 1 rings (SSSR count). The topological polar surface area (TPSA) is 96.3 Å². The minimum absolute atomic E-state index is 0.263. The molecule has 2 amide bonds. The molecule has 1 atom stereocenters. The molecule has 3 N–H and O–H groups in total. The minimum Gasteiger partial charge on any atom is -0.480 e. The van der Waals surface area contributed by atoms with Gasteiger partial charge in [-0.3, -0.25) is 9.48 Å². The summed E-state index contributed by atoms with van der Waals surface area (Å²) in [7, 11) is 1.77. The molecule has 0 bridgehead atoms. The van der Waals surface area contributed by atoms with Crippen molar-refractivity contribution in [1.29, 1.82) is 0 Å². The molecule has 16 heavy (non-hydrogen) atoms. The zero-order valence-corrected chi connectivity index (χ0v) is 9.10. The predicted octanol–water partition coefficient (Wildman–Crippen LogP) is -0.308. The number of carboxylic acid groups (broad SMARTS) is 1. The predicted molar refractivity (Wildman–Crippen MR) is 55.7 cm³/mol. The number of hydrogen-bond donors (Lipinski definition) is 3.